The number of nitrogens with one attached hydrogen (secondary N) is 1. The van der Waals surface area contributed by atoms with Crippen LogP contribution in [0.3, 0.4) is 0 Å². The number of benzene rings is 2. The molecule has 1 saturated heterocycles. The molecule has 110 valence electrons. The van der Waals surface area contributed by atoms with E-state index < -0.39 is 11.9 Å². The van der Waals surface area contributed by atoms with Crippen molar-refractivity contribution in [2.24, 2.45) is 0 Å². The zero-order chi connectivity index (χ0) is 15.7. The van der Waals surface area contributed by atoms with Gasteiger partial charge in [-0.1, -0.05) is 47.5 Å². The minimum atomic E-state index is -0.484. The van der Waals surface area contributed by atoms with Crippen LogP contribution in [0, 0.1) is 0 Å². The van der Waals surface area contributed by atoms with Gasteiger partial charge in [0, 0.05) is 0 Å². The number of carbonyl (C=O) groups is 2. The smallest absolute Gasteiger partial charge is 0.302 e. The van der Waals surface area contributed by atoms with Crippen LogP contribution in [0.25, 0.3) is 6.08 Å². The van der Waals surface area contributed by atoms with Crippen LogP contribution in [0.2, 0.25) is 10.0 Å². The van der Waals surface area contributed by atoms with Gasteiger partial charge >= 0.3 is 6.03 Å². The Hall–Kier alpha value is -2.30. The molecule has 0 radical (unpaired) electrons. The van der Waals surface area contributed by atoms with E-state index in [4.69, 9.17) is 23.2 Å². The van der Waals surface area contributed by atoms with Gasteiger partial charge in [-0.05, 0) is 35.9 Å². The van der Waals surface area contributed by atoms with E-state index in [1.165, 1.54) is 0 Å². The number of anilines is 1. The van der Waals surface area contributed by atoms with Gasteiger partial charge < -0.3 is 5.32 Å². The Morgan fingerprint density at radius 1 is 0.955 bits per heavy atom. The van der Waals surface area contributed by atoms with Gasteiger partial charge in [0.25, 0.3) is 5.91 Å². The Kier molecular flexibility index (Phi) is 3.88. The van der Waals surface area contributed by atoms with E-state index in [1.54, 1.807) is 48.5 Å². The Labute approximate surface area is 136 Å². The van der Waals surface area contributed by atoms with E-state index >= 15 is 0 Å². The lowest BCUT2D eigenvalue weighted by molar-refractivity contribution is -0.113. The van der Waals surface area contributed by atoms with Crippen molar-refractivity contribution < 1.29 is 9.59 Å². The van der Waals surface area contributed by atoms with Gasteiger partial charge in [-0.15, -0.1) is 0 Å². The average Bonchev–Trinajstić information content (AvgIpc) is 2.78. The molecule has 0 atom stereocenters. The van der Waals surface area contributed by atoms with Gasteiger partial charge in [-0.25, -0.2) is 9.69 Å². The van der Waals surface area contributed by atoms with Crippen molar-refractivity contribution in [1.82, 2.24) is 5.32 Å². The first-order valence-electron chi connectivity index (χ1n) is 6.43. The number of rotatable bonds is 2. The molecule has 2 aromatic rings. The Morgan fingerprint density at radius 2 is 1.68 bits per heavy atom. The second-order valence-corrected chi connectivity index (χ2v) is 5.45. The van der Waals surface area contributed by atoms with Crippen LogP contribution >= 0.6 is 23.2 Å². The van der Waals surface area contributed by atoms with Crippen LogP contribution in [0.4, 0.5) is 10.5 Å². The minimum Gasteiger partial charge on any atom is -0.302 e. The lowest BCUT2D eigenvalue weighted by Gasteiger charge is -2.10. The van der Waals surface area contributed by atoms with E-state index in [0.29, 0.717) is 21.3 Å². The summed E-state index contributed by atoms with van der Waals surface area (Å²) in [4.78, 5) is 25.5. The molecule has 0 spiro atoms. The highest BCUT2D eigenvalue weighted by Gasteiger charge is 2.34. The summed E-state index contributed by atoms with van der Waals surface area (Å²) in [5.74, 6) is -0.415. The molecule has 0 bridgehead atoms. The van der Waals surface area contributed by atoms with Crippen LogP contribution in [-0.4, -0.2) is 11.9 Å². The summed E-state index contributed by atoms with van der Waals surface area (Å²) in [5.41, 5.74) is 1.38. The number of halogens is 2. The quantitative estimate of drug-likeness (QED) is 0.665. The van der Waals surface area contributed by atoms with Crippen molar-refractivity contribution in [2.45, 2.75) is 0 Å². The molecule has 1 heterocycles. The zero-order valence-electron chi connectivity index (χ0n) is 11.2. The molecule has 2 aromatic carbocycles. The number of imide groups is 1. The predicted octanol–water partition coefficient (Wildman–Crippen LogP) is 4.09. The van der Waals surface area contributed by atoms with Crippen molar-refractivity contribution in [3.63, 3.8) is 0 Å². The molecule has 3 amide bonds. The topological polar surface area (TPSA) is 49.4 Å². The number of nitrogens with zero attached hydrogens (tertiary/aromatic N) is 1. The highest BCUT2D eigenvalue weighted by atomic mass is 35.5. The van der Waals surface area contributed by atoms with Crippen LogP contribution in [-0.2, 0) is 4.79 Å². The molecule has 1 aliphatic rings. The van der Waals surface area contributed by atoms with E-state index in [-0.39, 0.29) is 5.70 Å². The van der Waals surface area contributed by atoms with Crippen LogP contribution in [0.1, 0.15) is 5.56 Å². The van der Waals surface area contributed by atoms with Gasteiger partial charge in [0.2, 0.25) is 0 Å². The molecule has 0 unspecified atom stereocenters. The molecule has 3 rings (SSSR count). The van der Waals surface area contributed by atoms with Gasteiger partial charge in [0.05, 0.1) is 15.7 Å². The maximum Gasteiger partial charge on any atom is 0.333 e. The van der Waals surface area contributed by atoms with Crippen molar-refractivity contribution in [3.05, 3.63) is 69.8 Å². The SMILES string of the molecule is O=C1N/C(=C/c2ccc(Cl)c(Cl)c2)C(=O)N1c1ccccc1. The van der Waals surface area contributed by atoms with E-state index in [1.807, 2.05) is 6.07 Å². The molecule has 22 heavy (non-hydrogen) atoms. The molecular formula is C16H10Cl2N2O2. The number of amides is 3. The van der Waals surface area contributed by atoms with Crippen LogP contribution in [0.15, 0.2) is 54.2 Å². The first-order valence-corrected chi connectivity index (χ1v) is 7.19. The molecule has 6 heteroatoms. The summed E-state index contributed by atoms with van der Waals surface area (Å²) < 4.78 is 0. The Balaban J connectivity index is 1.93. The predicted molar refractivity (Wildman–Crippen MR) is 86.9 cm³/mol. The van der Waals surface area contributed by atoms with Crippen molar-refractivity contribution >= 4 is 46.9 Å². The summed E-state index contributed by atoms with van der Waals surface area (Å²) in [6.07, 6.45) is 1.56. The highest BCUT2D eigenvalue weighted by Crippen LogP contribution is 2.25. The highest BCUT2D eigenvalue weighted by molar-refractivity contribution is 6.42. The molecule has 4 nitrogen and oxygen atoms in total. The summed E-state index contributed by atoms with van der Waals surface area (Å²) in [7, 11) is 0. The molecule has 1 N–H and O–H groups in total. The first-order chi connectivity index (χ1) is 10.6. The molecule has 0 aliphatic carbocycles. The molecule has 0 aromatic heterocycles. The zero-order valence-corrected chi connectivity index (χ0v) is 12.7. The fourth-order valence-electron chi connectivity index (χ4n) is 2.12. The molecule has 1 fully saturated rings. The lowest BCUT2D eigenvalue weighted by Crippen LogP contribution is -2.30. The fraction of sp³-hybridized carbons (Fsp3) is 0. The molecule has 1 aliphatic heterocycles. The van der Waals surface area contributed by atoms with Gasteiger partial charge in [0.15, 0.2) is 0 Å². The second-order valence-electron chi connectivity index (χ2n) is 4.64. The second kappa shape index (κ2) is 5.83. The van der Waals surface area contributed by atoms with Crippen molar-refractivity contribution in [3.8, 4) is 0 Å². The normalized spacial score (nSPS) is 16.3. The van der Waals surface area contributed by atoms with Gasteiger partial charge in [0.1, 0.15) is 5.70 Å². The third-order valence-corrected chi connectivity index (χ3v) is 3.89. The Bertz CT molecular complexity index is 788. The summed E-state index contributed by atoms with van der Waals surface area (Å²) >= 11 is 11.8. The largest absolute Gasteiger partial charge is 0.333 e. The number of carbonyl (C=O) groups excluding carboxylic acids is 2. The number of para-hydroxylation sites is 1. The number of hydrogen-bond acceptors (Lipinski definition) is 2. The summed E-state index contributed by atoms with van der Waals surface area (Å²) in [5, 5.41) is 3.37. The fourth-order valence-corrected chi connectivity index (χ4v) is 2.42. The lowest BCUT2D eigenvalue weighted by atomic mass is 10.2. The van der Waals surface area contributed by atoms with Crippen LogP contribution < -0.4 is 10.2 Å². The standard InChI is InChI=1S/C16H10Cl2N2O2/c17-12-7-6-10(8-13(12)18)9-14-15(21)20(16(22)19-14)11-4-2-1-3-5-11/h1-9H,(H,19,22)/b14-9+. The monoisotopic (exact) mass is 332 g/mol. The van der Waals surface area contributed by atoms with Crippen LogP contribution in [0.5, 0.6) is 0 Å². The molecular weight excluding hydrogens is 323 g/mol. The van der Waals surface area contributed by atoms with E-state index in [0.717, 1.165) is 4.90 Å². The maximum atomic E-state index is 12.4. The minimum absolute atomic E-state index is 0.187. The van der Waals surface area contributed by atoms with Gasteiger partial charge in [-0.2, -0.15) is 0 Å². The third-order valence-electron chi connectivity index (χ3n) is 3.15. The van der Waals surface area contributed by atoms with Gasteiger partial charge in [-0.3, -0.25) is 4.79 Å². The summed E-state index contributed by atoms with van der Waals surface area (Å²) in [6, 6.07) is 13.2. The van der Waals surface area contributed by atoms with E-state index in [9.17, 15) is 9.59 Å². The van der Waals surface area contributed by atoms with Crippen molar-refractivity contribution in [1.29, 1.82) is 0 Å². The molecule has 0 saturated carbocycles. The summed E-state index contributed by atoms with van der Waals surface area (Å²) in [6.45, 7) is 0. The number of hydrogen-bond donors (Lipinski definition) is 1. The van der Waals surface area contributed by atoms with E-state index in [2.05, 4.69) is 5.32 Å². The average molecular weight is 333 g/mol. The Morgan fingerprint density at radius 3 is 2.36 bits per heavy atom. The third kappa shape index (κ3) is 2.71. The number of urea groups is 1. The van der Waals surface area contributed by atoms with Crippen molar-refractivity contribution in [2.75, 3.05) is 4.90 Å². The first kappa shape index (κ1) is 14.6. The maximum absolute atomic E-state index is 12.4.